The highest BCUT2D eigenvalue weighted by molar-refractivity contribution is 6.18. The average Bonchev–Trinajstić information content (AvgIpc) is 3.37. The minimum atomic E-state index is -0.418. The number of halogens is 1. The van der Waals surface area contributed by atoms with Crippen LogP contribution in [0.25, 0.3) is 16.5 Å². The highest BCUT2D eigenvalue weighted by atomic mass is 19.1. The van der Waals surface area contributed by atoms with Crippen LogP contribution < -0.4 is 0 Å². The lowest BCUT2D eigenvalue weighted by atomic mass is 10.0. The smallest absolute Gasteiger partial charge is 0.342 e. The van der Waals surface area contributed by atoms with Gasteiger partial charge < -0.3 is 14.6 Å². The summed E-state index contributed by atoms with van der Waals surface area (Å²) in [4.78, 5) is 31.2. The van der Waals surface area contributed by atoms with Crippen molar-refractivity contribution < 1.29 is 18.7 Å². The Morgan fingerprint density at radius 3 is 2.55 bits per heavy atom. The van der Waals surface area contributed by atoms with Crippen molar-refractivity contribution in [1.82, 2.24) is 9.88 Å². The molecule has 31 heavy (non-hydrogen) atoms. The van der Waals surface area contributed by atoms with E-state index in [-0.39, 0.29) is 12.0 Å². The van der Waals surface area contributed by atoms with E-state index in [1.807, 2.05) is 24.3 Å². The molecule has 1 N–H and O–H groups in total. The quantitative estimate of drug-likeness (QED) is 0.620. The van der Waals surface area contributed by atoms with Gasteiger partial charge in [-0.2, -0.15) is 0 Å². The number of carbonyl (C=O) groups is 2. The Morgan fingerprint density at radius 2 is 1.77 bits per heavy atom. The third-order valence-corrected chi connectivity index (χ3v) is 6.12. The number of carbonyl (C=O) groups excluding carboxylic acids is 2. The lowest BCUT2D eigenvalue weighted by molar-refractivity contribution is -0.141. The lowest BCUT2D eigenvalue weighted by Crippen LogP contribution is -2.28. The number of esters is 1. The SMILES string of the molecule is O=C(OC1CCCC1)C1=CN(C(=O)c2ccc(F)cc2)CCc2c1[nH]c1ccccc21. The van der Waals surface area contributed by atoms with Crippen LogP contribution in [0.1, 0.15) is 47.3 Å². The maximum Gasteiger partial charge on any atom is 0.342 e. The maximum absolute atomic E-state index is 13.3. The van der Waals surface area contributed by atoms with E-state index >= 15 is 0 Å². The van der Waals surface area contributed by atoms with Gasteiger partial charge in [0.05, 0.1) is 11.3 Å². The van der Waals surface area contributed by atoms with Gasteiger partial charge in [-0.15, -0.1) is 0 Å². The second-order valence-corrected chi connectivity index (χ2v) is 8.13. The zero-order chi connectivity index (χ0) is 21.4. The van der Waals surface area contributed by atoms with Crippen molar-refractivity contribution in [2.24, 2.45) is 0 Å². The van der Waals surface area contributed by atoms with Gasteiger partial charge in [0.1, 0.15) is 11.9 Å². The molecule has 1 fully saturated rings. The van der Waals surface area contributed by atoms with E-state index in [0.717, 1.165) is 42.1 Å². The third kappa shape index (κ3) is 3.74. The minimum Gasteiger partial charge on any atom is -0.459 e. The fourth-order valence-corrected chi connectivity index (χ4v) is 4.50. The van der Waals surface area contributed by atoms with Crippen molar-refractivity contribution in [3.8, 4) is 0 Å². The zero-order valence-electron chi connectivity index (χ0n) is 17.1. The molecule has 1 saturated carbocycles. The molecule has 6 heteroatoms. The molecule has 1 amide bonds. The van der Waals surface area contributed by atoms with Gasteiger partial charge in [0.25, 0.3) is 5.91 Å². The largest absolute Gasteiger partial charge is 0.459 e. The Balaban J connectivity index is 1.54. The maximum atomic E-state index is 13.3. The Kier molecular flexibility index (Phi) is 5.06. The van der Waals surface area contributed by atoms with E-state index in [9.17, 15) is 14.0 Å². The molecule has 1 aromatic heterocycles. The van der Waals surface area contributed by atoms with Crippen molar-refractivity contribution >= 4 is 28.4 Å². The average molecular weight is 418 g/mol. The number of nitrogens with zero attached hydrogens (tertiary/aromatic N) is 1. The first-order valence-corrected chi connectivity index (χ1v) is 10.7. The van der Waals surface area contributed by atoms with Crippen LogP contribution in [0.3, 0.4) is 0 Å². The van der Waals surface area contributed by atoms with Gasteiger partial charge in [-0.25, -0.2) is 9.18 Å². The third-order valence-electron chi connectivity index (χ3n) is 6.12. The van der Waals surface area contributed by atoms with Crippen LogP contribution >= 0.6 is 0 Å². The molecular formula is C25H23FN2O3. The van der Waals surface area contributed by atoms with Crippen LogP contribution in [0.4, 0.5) is 4.39 Å². The summed E-state index contributed by atoms with van der Waals surface area (Å²) in [5, 5.41) is 1.04. The molecule has 5 nitrogen and oxygen atoms in total. The van der Waals surface area contributed by atoms with E-state index in [1.54, 1.807) is 6.20 Å². The zero-order valence-corrected chi connectivity index (χ0v) is 17.1. The number of ether oxygens (including phenoxy) is 1. The Labute approximate surface area is 179 Å². The first kappa shape index (κ1) is 19.5. The van der Waals surface area contributed by atoms with Crippen LogP contribution in [0.15, 0.2) is 54.7 Å². The number of hydrogen-bond donors (Lipinski definition) is 1. The Bertz CT molecular complexity index is 1170. The van der Waals surface area contributed by atoms with Gasteiger partial charge in [-0.05, 0) is 68.0 Å². The second kappa shape index (κ2) is 8.02. The van der Waals surface area contributed by atoms with Gasteiger partial charge in [-0.3, -0.25) is 4.79 Å². The highest BCUT2D eigenvalue weighted by Crippen LogP contribution is 2.33. The van der Waals surface area contributed by atoms with Crippen LogP contribution in [0.5, 0.6) is 0 Å². The van der Waals surface area contributed by atoms with E-state index in [2.05, 4.69) is 4.98 Å². The number of H-pyrrole nitrogens is 1. The fourth-order valence-electron chi connectivity index (χ4n) is 4.50. The van der Waals surface area contributed by atoms with Crippen molar-refractivity contribution in [3.05, 3.63) is 77.4 Å². The summed E-state index contributed by atoms with van der Waals surface area (Å²) < 4.78 is 19.1. The molecule has 0 radical (unpaired) electrons. The molecule has 3 aromatic rings. The van der Waals surface area contributed by atoms with Gasteiger partial charge in [0.15, 0.2) is 0 Å². The number of rotatable bonds is 3. The molecule has 5 rings (SSSR count). The first-order valence-electron chi connectivity index (χ1n) is 10.7. The molecule has 2 aromatic carbocycles. The summed E-state index contributed by atoms with van der Waals surface area (Å²) in [6.45, 7) is 0.408. The molecule has 0 spiro atoms. The molecule has 2 heterocycles. The number of aromatic amines is 1. The molecule has 1 aliphatic carbocycles. The van der Waals surface area contributed by atoms with Crippen molar-refractivity contribution in [2.75, 3.05) is 6.54 Å². The summed E-state index contributed by atoms with van der Waals surface area (Å²) in [5.41, 5.74) is 3.38. The molecule has 158 valence electrons. The van der Waals surface area contributed by atoms with E-state index < -0.39 is 11.8 Å². The van der Waals surface area contributed by atoms with Gasteiger partial charge in [0.2, 0.25) is 0 Å². The molecule has 0 atom stereocenters. The standard InChI is InChI=1S/C25H23FN2O3/c26-17-11-9-16(10-12-17)24(29)28-14-13-20-19-7-3-4-8-22(19)27-23(20)21(15-28)25(30)31-18-5-1-2-6-18/h3-4,7-12,15,18,27H,1-2,5-6,13-14H2. The minimum absolute atomic E-state index is 0.0780. The molecular weight excluding hydrogens is 395 g/mol. The number of para-hydroxylation sites is 1. The molecule has 0 saturated heterocycles. The van der Waals surface area contributed by atoms with E-state index in [0.29, 0.717) is 29.8 Å². The Morgan fingerprint density at radius 1 is 1.03 bits per heavy atom. The van der Waals surface area contributed by atoms with Crippen molar-refractivity contribution in [2.45, 2.75) is 38.2 Å². The van der Waals surface area contributed by atoms with Gasteiger partial charge in [0, 0.05) is 29.2 Å². The summed E-state index contributed by atoms with van der Waals surface area (Å²) in [6, 6.07) is 13.3. The predicted molar refractivity (Wildman–Crippen MR) is 116 cm³/mol. The van der Waals surface area contributed by atoms with Crippen LogP contribution in [-0.4, -0.2) is 34.4 Å². The van der Waals surface area contributed by atoms with Gasteiger partial charge >= 0.3 is 5.97 Å². The lowest BCUT2D eigenvalue weighted by Gasteiger charge is -2.18. The number of fused-ring (bicyclic) bond motifs is 3. The van der Waals surface area contributed by atoms with Crippen LogP contribution in [0.2, 0.25) is 0 Å². The fraction of sp³-hybridized carbons (Fsp3) is 0.280. The van der Waals surface area contributed by atoms with Crippen molar-refractivity contribution in [3.63, 3.8) is 0 Å². The number of amides is 1. The summed E-state index contributed by atoms with van der Waals surface area (Å²) in [5.74, 6) is -1.09. The van der Waals surface area contributed by atoms with E-state index in [1.165, 1.54) is 29.2 Å². The van der Waals surface area contributed by atoms with Crippen LogP contribution in [0, 0.1) is 5.82 Å². The summed E-state index contributed by atoms with van der Waals surface area (Å²) >= 11 is 0. The number of nitrogens with one attached hydrogen (secondary N) is 1. The topological polar surface area (TPSA) is 62.4 Å². The molecule has 0 unspecified atom stereocenters. The van der Waals surface area contributed by atoms with Crippen molar-refractivity contribution in [1.29, 1.82) is 0 Å². The van der Waals surface area contributed by atoms with Gasteiger partial charge in [-0.1, -0.05) is 18.2 Å². The predicted octanol–water partition coefficient (Wildman–Crippen LogP) is 4.83. The molecule has 0 bridgehead atoms. The summed E-state index contributed by atoms with van der Waals surface area (Å²) in [7, 11) is 0. The first-order chi connectivity index (χ1) is 15.1. The summed E-state index contributed by atoms with van der Waals surface area (Å²) in [6.07, 6.45) is 5.96. The normalized spacial score (nSPS) is 16.7. The molecule has 1 aliphatic heterocycles. The number of benzene rings is 2. The number of aromatic nitrogens is 1. The van der Waals surface area contributed by atoms with E-state index in [4.69, 9.17) is 4.74 Å². The monoisotopic (exact) mass is 418 g/mol. The number of hydrogen-bond acceptors (Lipinski definition) is 3. The van der Waals surface area contributed by atoms with Crippen LogP contribution in [-0.2, 0) is 16.0 Å². The second-order valence-electron chi connectivity index (χ2n) is 8.13. The Hall–Kier alpha value is -3.41. The molecule has 2 aliphatic rings. The highest BCUT2D eigenvalue weighted by Gasteiger charge is 2.29.